The Hall–Kier alpha value is -4.71. The summed E-state index contributed by atoms with van der Waals surface area (Å²) in [6.07, 6.45) is 3.08. The van der Waals surface area contributed by atoms with Gasteiger partial charge in [-0.05, 0) is 60.5 Å². The summed E-state index contributed by atoms with van der Waals surface area (Å²) >= 11 is 13.0. The summed E-state index contributed by atoms with van der Waals surface area (Å²) in [7, 11) is 4.59. The van der Waals surface area contributed by atoms with E-state index in [-0.39, 0.29) is 30.0 Å². The lowest BCUT2D eigenvalue weighted by molar-refractivity contribution is -0.377. The number of aromatic nitrogens is 1. The number of esters is 1. The number of methoxy groups -OCH3 is 3. The molecule has 0 radical (unpaired) electrons. The molecule has 0 spiro atoms. The summed E-state index contributed by atoms with van der Waals surface area (Å²) in [4.78, 5) is 34.2. The molecule has 4 fully saturated rings. The van der Waals surface area contributed by atoms with Crippen molar-refractivity contribution in [1.82, 2.24) is 4.90 Å². The van der Waals surface area contributed by atoms with E-state index in [1.807, 2.05) is 0 Å². The van der Waals surface area contributed by atoms with Gasteiger partial charge in [-0.2, -0.15) is 0 Å². The number of hydrogen-bond donors (Lipinski definition) is 1. The SMILES string of the molecule is COc1ccc(O)c(N(Cc2ccc(C(=O)O[C@@H](Cc3c(Cl)c[nH+]cc3Cl)c3ccc(OC)c(OC)c3)cc2)C(=O)O[C@]23CN4CCC2C3C4)c1. The summed E-state index contributed by atoms with van der Waals surface area (Å²) in [5.74, 6) is 1.52. The number of pyridine rings is 1. The molecular weight excluding hydrogens is 697 g/mol. The second-order valence-electron chi connectivity index (χ2n) is 13.0. The molecule has 1 aromatic heterocycles. The number of fused-ring (bicyclic) bond motifs is 1. The van der Waals surface area contributed by atoms with Crippen LogP contribution in [0.25, 0.3) is 0 Å². The first kappa shape index (κ1) is 34.7. The predicted octanol–water partition coefficient (Wildman–Crippen LogP) is 6.53. The minimum atomic E-state index is -0.788. The minimum Gasteiger partial charge on any atom is -0.506 e. The number of rotatable bonds is 12. The van der Waals surface area contributed by atoms with Gasteiger partial charge in [-0.25, -0.2) is 14.6 Å². The number of aromatic hydroxyl groups is 1. The van der Waals surface area contributed by atoms with Gasteiger partial charge in [0.2, 0.25) is 0 Å². The molecule has 1 aliphatic carbocycles. The summed E-state index contributed by atoms with van der Waals surface area (Å²) < 4.78 is 28.6. The zero-order valence-corrected chi connectivity index (χ0v) is 29.9. The van der Waals surface area contributed by atoms with Crippen LogP contribution in [0.15, 0.2) is 73.1 Å². The van der Waals surface area contributed by atoms with E-state index in [0.717, 1.165) is 26.1 Å². The van der Waals surface area contributed by atoms with Crippen LogP contribution in [0.3, 0.4) is 0 Å². The van der Waals surface area contributed by atoms with E-state index in [9.17, 15) is 14.7 Å². The maximum Gasteiger partial charge on any atom is 0.415 e. The van der Waals surface area contributed by atoms with Crippen molar-refractivity contribution >= 4 is 41.0 Å². The van der Waals surface area contributed by atoms with Crippen LogP contribution in [0.4, 0.5) is 10.5 Å². The second kappa shape index (κ2) is 14.1. The molecule has 51 heavy (non-hydrogen) atoms. The molecule has 3 aliphatic heterocycles. The third-order valence-electron chi connectivity index (χ3n) is 10.2. The Morgan fingerprint density at radius 1 is 0.961 bits per heavy atom. The molecule has 266 valence electrons. The highest BCUT2D eigenvalue weighted by molar-refractivity contribution is 6.35. The van der Waals surface area contributed by atoms with Crippen molar-refractivity contribution in [3.05, 3.63) is 105 Å². The minimum absolute atomic E-state index is 0.0697. The number of H-pyrrole nitrogens is 1. The van der Waals surface area contributed by atoms with Gasteiger partial charge in [-0.3, -0.25) is 9.80 Å². The summed E-state index contributed by atoms with van der Waals surface area (Å²) in [5.41, 5.74) is 2.02. The van der Waals surface area contributed by atoms with Gasteiger partial charge in [-0.1, -0.05) is 41.4 Å². The Kier molecular flexibility index (Phi) is 9.62. The number of nitrogens with zero attached hydrogens (tertiary/aromatic N) is 2. The normalized spacial score (nSPS) is 21.7. The monoisotopic (exact) mass is 734 g/mol. The van der Waals surface area contributed by atoms with E-state index in [1.165, 1.54) is 25.2 Å². The average Bonchev–Trinajstić information content (AvgIpc) is 3.63. The molecule has 1 saturated carbocycles. The predicted molar refractivity (Wildman–Crippen MR) is 189 cm³/mol. The molecule has 3 unspecified atom stereocenters. The number of phenolic OH excluding ortho intramolecular Hbond substituents is 1. The van der Waals surface area contributed by atoms with Crippen LogP contribution in [0.2, 0.25) is 10.0 Å². The van der Waals surface area contributed by atoms with Crippen molar-refractivity contribution in [3.8, 4) is 23.0 Å². The highest BCUT2D eigenvalue weighted by atomic mass is 35.5. The van der Waals surface area contributed by atoms with E-state index >= 15 is 0 Å². The number of anilines is 1. The smallest absolute Gasteiger partial charge is 0.415 e. The van der Waals surface area contributed by atoms with Gasteiger partial charge >= 0.3 is 12.1 Å². The Morgan fingerprint density at radius 3 is 2.33 bits per heavy atom. The number of hydrogen-bond acceptors (Lipinski definition) is 9. The first-order chi connectivity index (χ1) is 24.6. The van der Waals surface area contributed by atoms with Crippen LogP contribution in [0.1, 0.15) is 39.6 Å². The molecule has 3 saturated heterocycles. The first-order valence-electron chi connectivity index (χ1n) is 16.6. The van der Waals surface area contributed by atoms with Crippen LogP contribution < -0.4 is 24.1 Å². The Morgan fingerprint density at radius 2 is 1.71 bits per heavy atom. The Balaban J connectivity index is 1.12. The van der Waals surface area contributed by atoms with Crippen LogP contribution >= 0.6 is 23.2 Å². The van der Waals surface area contributed by atoms with Gasteiger partial charge in [0.1, 0.15) is 33.2 Å². The highest BCUT2D eigenvalue weighted by Crippen LogP contribution is 2.63. The van der Waals surface area contributed by atoms with Crippen molar-refractivity contribution in [2.75, 3.05) is 45.9 Å². The number of halogens is 2. The first-order valence-corrected chi connectivity index (χ1v) is 17.3. The van der Waals surface area contributed by atoms with Crippen molar-refractivity contribution in [2.45, 2.75) is 31.1 Å². The number of piperidine rings is 3. The largest absolute Gasteiger partial charge is 0.506 e. The van der Waals surface area contributed by atoms with Crippen LogP contribution in [-0.4, -0.2) is 68.6 Å². The number of carbonyl (C=O) groups is 2. The van der Waals surface area contributed by atoms with Gasteiger partial charge in [0.05, 0.1) is 39.1 Å². The van der Waals surface area contributed by atoms with Crippen LogP contribution in [-0.2, 0) is 22.4 Å². The van der Waals surface area contributed by atoms with Gasteiger partial charge in [0.15, 0.2) is 23.9 Å². The fourth-order valence-corrected chi connectivity index (χ4v) is 8.01. The molecule has 4 aromatic rings. The Bertz CT molecular complexity index is 1930. The number of ether oxygens (including phenoxy) is 5. The van der Waals surface area contributed by atoms with E-state index in [1.54, 1.807) is 74.1 Å². The topological polar surface area (TPSA) is 121 Å². The Labute approximate surface area is 305 Å². The fourth-order valence-electron chi connectivity index (χ4n) is 7.48. The molecule has 4 aliphatic rings. The third kappa shape index (κ3) is 6.73. The molecular formula is C38H38Cl2N3O8+. The zero-order valence-electron chi connectivity index (χ0n) is 28.4. The molecule has 8 rings (SSSR count). The van der Waals surface area contributed by atoms with Crippen molar-refractivity contribution in [3.63, 3.8) is 0 Å². The second-order valence-corrected chi connectivity index (χ2v) is 13.9. The zero-order chi connectivity index (χ0) is 35.9. The number of amides is 1. The molecule has 2 N–H and O–H groups in total. The molecule has 5 atom stereocenters. The quantitative estimate of drug-likeness (QED) is 0.162. The van der Waals surface area contributed by atoms with Crippen molar-refractivity contribution in [2.24, 2.45) is 11.8 Å². The van der Waals surface area contributed by atoms with Crippen LogP contribution in [0.5, 0.6) is 23.0 Å². The van der Waals surface area contributed by atoms with E-state index in [2.05, 4.69) is 9.88 Å². The molecule has 1 amide bonds. The van der Waals surface area contributed by atoms with E-state index in [0.29, 0.717) is 55.8 Å². The van der Waals surface area contributed by atoms with Crippen LogP contribution in [0, 0.1) is 11.8 Å². The lowest BCUT2D eigenvalue weighted by atomic mass is 10.0. The third-order valence-corrected chi connectivity index (χ3v) is 10.9. The fraction of sp³-hybridized carbons (Fsp3) is 0.342. The molecule has 11 nitrogen and oxygen atoms in total. The molecule has 3 aromatic carbocycles. The lowest BCUT2D eigenvalue weighted by Crippen LogP contribution is -2.42. The molecule has 4 bridgehead atoms. The van der Waals surface area contributed by atoms with Gasteiger partial charge in [-0.15, -0.1) is 0 Å². The lowest BCUT2D eigenvalue weighted by Gasteiger charge is -2.31. The van der Waals surface area contributed by atoms with Gasteiger partial charge in [0.25, 0.3) is 0 Å². The number of phenols is 1. The maximum atomic E-state index is 13.9. The standard InChI is InChI=1S/C38H37Cl2N3O8/c1-47-25-9-10-32(44)31(15-25)43(37(46)51-38-21-42-13-12-27(38)28(38)20-42)19-22-4-6-23(7-5-22)36(45)50-34(16-26-29(39)17-41-18-30(26)40)24-8-11-33(48-2)35(14-24)49-3/h4-11,14-15,17-18,27-28,34,44H,12-13,16,19-21H2,1-3H3/p+1/t27?,28?,34-,38+/m0/s1. The van der Waals surface area contributed by atoms with E-state index < -0.39 is 23.8 Å². The van der Waals surface area contributed by atoms with Crippen molar-refractivity contribution < 1.29 is 43.4 Å². The molecule has 13 heteroatoms. The van der Waals surface area contributed by atoms with Gasteiger partial charge in [0, 0.05) is 43.0 Å². The highest BCUT2D eigenvalue weighted by Gasteiger charge is 2.74. The number of nitrogens with one attached hydrogen (secondary N) is 1. The summed E-state index contributed by atoms with van der Waals surface area (Å²) in [6.45, 7) is 2.77. The van der Waals surface area contributed by atoms with Crippen molar-refractivity contribution in [1.29, 1.82) is 0 Å². The number of carbonyl (C=O) groups excluding carboxylic acids is 2. The number of benzene rings is 3. The maximum absolute atomic E-state index is 13.9. The average molecular weight is 736 g/mol. The summed E-state index contributed by atoms with van der Waals surface area (Å²) in [6, 6.07) is 16.7. The molecule has 4 heterocycles. The summed E-state index contributed by atoms with van der Waals surface area (Å²) in [5, 5.41) is 11.7. The van der Waals surface area contributed by atoms with E-state index in [4.69, 9.17) is 46.9 Å². The number of aromatic amines is 1. The van der Waals surface area contributed by atoms with Gasteiger partial charge < -0.3 is 28.8 Å².